The maximum atomic E-state index is 13.5. The van der Waals surface area contributed by atoms with E-state index >= 15 is 0 Å². The van der Waals surface area contributed by atoms with Crippen molar-refractivity contribution >= 4 is 35.3 Å². The van der Waals surface area contributed by atoms with Crippen LogP contribution < -0.4 is 10.6 Å². The van der Waals surface area contributed by atoms with E-state index in [1.165, 1.54) is 0 Å². The van der Waals surface area contributed by atoms with Gasteiger partial charge >= 0.3 is 12.1 Å². The van der Waals surface area contributed by atoms with Gasteiger partial charge in [0, 0.05) is 29.8 Å². The van der Waals surface area contributed by atoms with Crippen molar-refractivity contribution in [2.75, 3.05) is 18.4 Å². The third kappa shape index (κ3) is 5.29. The molecule has 3 heterocycles. The maximum absolute atomic E-state index is 13.5. The molecule has 1 aromatic carbocycles. The Kier molecular flexibility index (Phi) is 7.64. The number of amides is 4. The Morgan fingerprint density at radius 2 is 1.80 bits per heavy atom. The molecular formula is C25H33ClN6O3. The number of urea groups is 1. The summed E-state index contributed by atoms with van der Waals surface area (Å²) in [4.78, 5) is 47.1. The van der Waals surface area contributed by atoms with Crippen molar-refractivity contribution in [3.63, 3.8) is 0 Å². The third-order valence-electron chi connectivity index (χ3n) is 7.17. The minimum atomic E-state index is -0.614. The van der Waals surface area contributed by atoms with Crippen LogP contribution >= 0.6 is 11.6 Å². The highest BCUT2D eigenvalue weighted by molar-refractivity contribution is 6.30. The Balaban J connectivity index is 1.37. The highest BCUT2D eigenvalue weighted by atomic mass is 35.5. The van der Waals surface area contributed by atoms with Crippen molar-refractivity contribution in [3.8, 4) is 0 Å². The van der Waals surface area contributed by atoms with Crippen LogP contribution in [0.1, 0.15) is 51.0 Å². The minimum Gasteiger partial charge on any atom is -0.341 e. The van der Waals surface area contributed by atoms with Crippen molar-refractivity contribution in [1.29, 1.82) is 0 Å². The molecule has 0 radical (unpaired) electrons. The van der Waals surface area contributed by atoms with E-state index in [4.69, 9.17) is 11.6 Å². The lowest BCUT2D eigenvalue weighted by Crippen LogP contribution is -2.56. The lowest BCUT2D eigenvalue weighted by Gasteiger charge is -2.38. The van der Waals surface area contributed by atoms with Crippen LogP contribution in [0.5, 0.6) is 0 Å². The van der Waals surface area contributed by atoms with Gasteiger partial charge in [0.2, 0.25) is 5.91 Å². The van der Waals surface area contributed by atoms with Crippen molar-refractivity contribution in [2.45, 2.75) is 65.1 Å². The predicted molar refractivity (Wildman–Crippen MR) is 134 cm³/mol. The number of imidazole rings is 1. The van der Waals surface area contributed by atoms with Gasteiger partial charge in [0.15, 0.2) is 0 Å². The van der Waals surface area contributed by atoms with Crippen LogP contribution in [0.2, 0.25) is 5.02 Å². The highest BCUT2D eigenvalue weighted by Gasteiger charge is 2.38. The maximum Gasteiger partial charge on any atom is 0.330 e. The zero-order valence-electron chi connectivity index (χ0n) is 20.5. The van der Waals surface area contributed by atoms with E-state index in [1.807, 2.05) is 30.6 Å². The van der Waals surface area contributed by atoms with E-state index in [0.29, 0.717) is 49.0 Å². The lowest BCUT2D eigenvalue weighted by atomic mass is 9.92. The van der Waals surface area contributed by atoms with Gasteiger partial charge in [0.05, 0.1) is 18.4 Å². The number of nitrogens with zero attached hydrogens (tertiary/aromatic N) is 4. The van der Waals surface area contributed by atoms with Gasteiger partial charge < -0.3 is 20.4 Å². The SMILES string of the molecule is CCC(CC)C(NC(=O)Nc1ccc(Cl)cc1)C(=O)N1CCC(N2Cc3cnc(C)n3C2=O)CC1. The number of hydrogen-bond acceptors (Lipinski definition) is 4. The molecule has 1 saturated heterocycles. The van der Waals surface area contributed by atoms with Crippen LogP contribution in [0, 0.1) is 12.8 Å². The van der Waals surface area contributed by atoms with Crippen LogP contribution in [-0.2, 0) is 11.3 Å². The number of benzene rings is 1. The van der Waals surface area contributed by atoms with Crippen LogP contribution in [0.15, 0.2) is 30.5 Å². The van der Waals surface area contributed by atoms with Crippen molar-refractivity contribution < 1.29 is 14.4 Å². The lowest BCUT2D eigenvalue weighted by molar-refractivity contribution is -0.136. The summed E-state index contributed by atoms with van der Waals surface area (Å²) in [7, 11) is 0. The second-order valence-electron chi connectivity index (χ2n) is 9.26. The molecule has 0 aliphatic carbocycles. The molecule has 10 heteroatoms. The van der Waals surface area contributed by atoms with Gasteiger partial charge in [-0.2, -0.15) is 0 Å². The molecule has 2 aliphatic rings. The fraction of sp³-hybridized carbons (Fsp3) is 0.520. The number of nitrogens with one attached hydrogen (secondary N) is 2. The van der Waals surface area contributed by atoms with Gasteiger partial charge in [-0.05, 0) is 49.9 Å². The molecule has 0 bridgehead atoms. The summed E-state index contributed by atoms with van der Waals surface area (Å²) in [6.07, 6.45) is 4.73. The third-order valence-corrected chi connectivity index (χ3v) is 7.42. The van der Waals surface area contributed by atoms with E-state index in [9.17, 15) is 14.4 Å². The number of carbonyl (C=O) groups excluding carboxylic acids is 3. The first-order valence-corrected chi connectivity index (χ1v) is 12.7. The summed E-state index contributed by atoms with van der Waals surface area (Å²) in [6, 6.07) is 5.85. The molecule has 1 aromatic heterocycles. The first-order valence-electron chi connectivity index (χ1n) is 12.3. The molecule has 188 valence electrons. The quantitative estimate of drug-likeness (QED) is 0.593. The summed E-state index contributed by atoms with van der Waals surface area (Å²) in [6.45, 7) is 7.56. The number of fused-ring (bicyclic) bond motifs is 1. The minimum absolute atomic E-state index is 0.0257. The molecule has 1 unspecified atom stereocenters. The molecule has 1 atom stereocenters. The van der Waals surface area contributed by atoms with Gasteiger partial charge in [0.1, 0.15) is 11.9 Å². The smallest absolute Gasteiger partial charge is 0.330 e. The number of halogens is 1. The molecule has 0 spiro atoms. The van der Waals surface area contributed by atoms with E-state index in [2.05, 4.69) is 15.6 Å². The number of piperidine rings is 1. The van der Waals surface area contributed by atoms with Gasteiger partial charge in [0.25, 0.3) is 0 Å². The molecule has 4 amide bonds. The second-order valence-corrected chi connectivity index (χ2v) is 9.70. The van der Waals surface area contributed by atoms with Gasteiger partial charge in [-0.3, -0.25) is 9.36 Å². The monoisotopic (exact) mass is 500 g/mol. The predicted octanol–water partition coefficient (Wildman–Crippen LogP) is 4.25. The van der Waals surface area contributed by atoms with Gasteiger partial charge in [-0.1, -0.05) is 38.3 Å². The molecule has 4 rings (SSSR count). The van der Waals surface area contributed by atoms with Crippen molar-refractivity contribution in [3.05, 3.63) is 47.0 Å². The summed E-state index contributed by atoms with van der Waals surface area (Å²) in [5, 5.41) is 6.29. The zero-order valence-corrected chi connectivity index (χ0v) is 21.2. The average Bonchev–Trinajstić information content (AvgIpc) is 3.39. The Labute approximate surface area is 210 Å². The molecule has 35 heavy (non-hydrogen) atoms. The highest BCUT2D eigenvalue weighted by Crippen LogP contribution is 2.27. The van der Waals surface area contributed by atoms with Crippen LogP contribution in [-0.4, -0.2) is 62.5 Å². The number of anilines is 1. The molecular weight excluding hydrogens is 468 g/mol. The van der Waals surface area contributed by atoms with Crippen molar-refractivity contribution in [1.82, 2.24) is 24.7 Å². The summed E-state index contributed by atoms with van der Waals surface area (Å²) in [5.41, 5.74) is 1.52. The largest absolute Gasteiger partial charge is 0.341 e. The van der Waals surface area contributed by atoms with E-state index in [-0.39, 0.29) is 23.9 Å². The Morgan fingerprint density at radius 3 is 2.40 bits per heavy atom. The molecule has 9 nitrogen and oxygen atoms in total. The number of hydrogen-bond donors (Lipinski definition) is 2. The first-order chi connectivity index (χ1) is 16.8. The second kappa shape index (κ2) is 10.7. The molecule has 2 aromatic rings. The fourth-order valence-electron chi connectivity index (χ4n) is 5.10. The summed E-state index contributed by atoms with van der Waals surface area (Å²) >= 11 is 5.92. The van der Waals surface area contributed by atoms with Crippen LogP contribution in [0.3, 0.4) is 0 Å². The Morgan fingerprint density at radius 1 is 1.14 bits per heavy atom. The summed E-state index contributed by atoms with van der Waals surface area (Å²) in [5.74, 6) is 0.663. The molecule has 2 N–H and O–H groups in total. The van der Waals surface area contributed by atoms with E-state index in [0.717, 1.165) is 18.5 Å². The number of rotatable bonds is 7. The average molecular weight is 501 g/mol. The van der Waals surface area contributed by atoms with Gasteiger partial charge in [-0.15, -0.1) is 0 Å². The zero-order chi connectivity index (χ0) is 25.1. The fourth-order valence-corrected chi connectivity index (χ4v) is 5.22. The molecule has 2 aliphatic heterocycles. The van der Waals surface area contributed by atoms with E-state index in [1.54, 1.807) is 35.0 Å². The standard InChI is InChI=1S/C25H33ClN6O3/c1-4-17(5-2)22(29-24(34)28-19-8-6-18(26)7-9-19)23(33)30-12-10-20(11-13-30)31-15-21-14-27-16(3)32(21)25(31)35/h6-9,14,17,20,22H,4-5,10-13,15H2,1-3H3,(H2,28,29,34). The Bertz CT molecular complexity index is 1070. The Hall–Kier alpha value is -3.07. The van der Waals surface area contributed by atoms with Crippen molar-refractivity contribution in [2.24, 2.45) is 5.92 Å². The number of likely N-dealkylation sites (tertiary alicyclic amines) is 1. The topological polar surface area (TPSA) is 99.6 Å². The number of aromatic nitrogens is 2. The van der Waals surface area contributed by atoms with Gasteiger partial charge in [-0.25, -0.2) is 14.6 Å². The first kappa shape index (κ1) is 25.0. The summed E-state index contributed by atoms with van der Waals surface area (Å²) < 4.78 is 1.67. The normalized spacial score (nSPS) is 17.0. The number of carbonyl (C=O) groups is 3. The number of aryl methyl sites for hydroxylation is 1. The molecule has 1 fully saturated rings. The van der Waals surface area contributed by atoms with Crippen LogP contribution in [0.25, 0.3) is 0 Å². The molecule has 0 saturated carbocycles. The van der Waals surface area contributed by atoms with E-state index < -0.39 is 12.1 Å². The van der Waals surface area contributed by atoms with Crippen LogP contribution in [0.4, 0.5) is 15.3 Å².